The lowest BCUT2D eigenvalue weighted by molar-refractivity contribution is -0.121. The smallest absolute Gasteiger partial charge is 0.304 e. The first-order valence-corrected chi connectivity index (χ1v) is 10.2. The summed E-state index contributed by atoms with van der Waals surface area (Å²) in [7, 11) is -1.39. The topological polar surface area (TPSA) is 69.7 Å². The summed E-state index contributed by atoms with van der Waals surface area (Å²) in [6, 6.07) is 15.1. The lowest BCUT2D eigenvalue weighted by Crippen LogP contribution is -2.51. The number of amides is 1. The van der Waals surface area contributed by atoms with Gasteiger partial charge in [-0.25, -0.2) is 8.70 Å². The number of hydrogen-bond acceptors (Lipinski definition) is 3. The van der Waals surface area contributed by atoms with E-state index in [2.05, 4.69) is 5.32 Å². The molecule has 2 aromatic carbocycles. The van der Waals surface area contributed by atoms with Gasteiger partial charge in [0.25, 0.3) is 0 Å². The zero-order chi connectivity index (χ0) is 20.9. The molecule has 0 unspecified atom stereocenters. The van der Waals surface area contributed by atoms with E-state index in [9.17, 15) is 17.6 Å². The molecule has 2 rings (SSSR count). The van der Waals surface area contributed by atoms with E-state index in [1.165, 1.54) is 32.3 Å². The normalized spacial score (nSPS) is 12.1. The molecule has 1 N–H and O–H groups in total. The second kappa shape index (κ2) is 8.70. The summed E-state index contributed by atoms with van der Waals surface area (Å²) < 4.78 is 41.3. The maximum Gasteiger partial charge on any atom is 0.304 e. The number of benzene rings is 2. The van der Waals surface area contributed by atoms with Gasteiger partial charge in [0.1, 0.15) is 12.4 Å². The van der Waals surface area contributed by atoms with Crippen molar-refractivity contribution in [3.05, 3.63) is 66.0 Å². The summed E-state index contributed by atoms with van der Waals surface area (Å²) in [5.74, 6) is -1.24. The molecule has 0 bridgehead atoms. The number of nitrogens with one attached hydrogen (secondary N) is 1. The predicted octanol–water partition coefficient (Wildman–Crippen LogP) is 2.58. The van der Waals surface area contributed by atoms with Crippen LogP contribution in [0.4, 0.5) is 10.1 Å². The van der Waals surface area contributed by atoms with Crippen LogP contribution in [0.2, 0.25) is 0 Å². The fourth-order valence-corrected chi connectivity index (χ4v) is 3.91. The van der Waals surface area contributed by atoms with Gasteiger partial charge in [-0.05, 0) is 38.0 Å². The highest BCUT2D eigenvalue weighted by Crippen LogP contribution is 2.23. The third kappa shape index (κ3) is 5.53. The SMILES string of the molecule is CN(C)S(=O)(=O)N(CC(=O)NC(C)(C)Cc1ccccc1)c1ccccc1F. The first-order chi connectivity index (χ1) is 13.0. The summed E-state index contributed by atoms with van der Waals surface area (Å²) in [5, 5.41) is 2.85. The number of anilines is 1. The molecule has 152 valence electrons. The van der Waals surface area contributed by atoms with Gasteiger partial charge in [-0.15, -0.1) is 0 Å². The van der Waals surface area contributed by atoms with Gasteiger partial charge in [0.2, 0.25) is 5.91 Å². The molecule has 0 aliphatic rings. The quantitative estimate of drug-likeness (QED) is 0.731. The van der Waals surface area contributed by atoms with E-state index in [-0.39, 0.29) is 5.69 Å². The molecule has 0 aromatic heterocycles. The summed E-state index contributed by atoms with van der Waals surface area (Å²) in [6.07, 6.45) is 0.569. The minimum atomic E-state index is -4.06. The Kier molecular flexibility index (Phi) is 6.79. The lowest BCUT2D eigenvalue weighted by atomic mass is 9.95. The molecule has 0 radical (unpaired) electrons. The molecule has 1 amide bonds. The number of halogens is 1. The van der Waals surface area contributed by atoms with Crippen LogP contribution in [0.15, 0.2) is 54.6 Å². The molecule has 8 heteroatoms. The minimum absolute atomic E-state index is 0.174. The molecule has 6 nitrogen and oxygen atoms in total. The highest BCUT2D eigenvalue weighted by molar-refractivity contribution is 7.90. The second-order valence-corrected chi connectivity index (χ2v) is 9.41. The Labute approximate surface area is 166 Å². The summed E-state index contributed by atoms with van der Waals surface area (Å²) >= 11 is 0. The Hall–Kier alpha value is -2.45. The third-order valence-corrected chi connectivity index (χ3v) is 5.92. The van der Waals surface area contributed by atoms with Crippen molar-refractivity contribution in [1.29, 1.82) is 0 Å². The molecule has 0 aliphatic heterocycles. The molecule has 0 saturated carbocycles. The highest BCUT2D eigenvalue weighted by Gasteiger charge is 2.31. The number of hydrogen-bond donors (Lipinski definition) is 1. The first-order valence-electron chi connectivity index (χ1n) is 8.82. The van der Waals surface area contributed by atoms with E-state index in [0.29, 0.717) is 6.42 Å². The second-order valence-electron chi connectivity index (χ2n) is 7.34. The number of rotatable bonds is 8. The molecule has 0 spiro atoms. The highest BCUT2D eigenvalue weighted by atomic mass is 32.2. The molecule has 0 fully saturated rings. The zero-order valence-corrected chi connectivity index (χ0v) is 17.3. The number of nitrogens with zero attached hydrogens (tertiary/aromatic N) is 2. The number of para-hydroxylation sites is 1. The Morgan fingerprint density at radius 1 is 1.04 bits per heavy atom. The van der Waals surface area contributed by atoms with Crippen LogP contribution in [0.25, 0.3) is 0 Å². The average molecular weight is 408 g/mol. The largest absolute Gasteiger partial charge is 0.349 e. The fraction of sp³-hybridized carbons (Fsp3) is 0.350. The maximum atomic E-state index is 14.3. The molecule has 28 heavy (non-hydrogen) atoms. The maximum absolute atomic E-state index is 14.3. The van der Waals surface area contributed by atoms with Crippen LogP contribution in [-0.4, -0.2) is 44.8 Å². The molecular formula is C20H26FN3O3S. The van der Waals surface area contributed by atoms with Crippen LogP contribution in [0.5, 0.6) is 0 Å². The van der Waals surface area contributed by atoms with Crippen LogP contribution in [0.1, 0.15) is 19.4 Å². The van der Waals surface area contributed by atoms with Crippen molar-refractivity contribution in [1.82, 2.24) is 9.62 Å². The van der Waals surface area contributed by atoms with Crippen LogP contribution in [0.3, 0.4) is 0 Å². The monoisotopic (exact) mass is 407 g/mol. The number of carbonyl (C=O) groups excluding carboxylic acids is 1. The van der Waals surface area contributed by atoms with Crippen molar-refractivity contribution in [3.63, 3.8) is 0 Å². The Morgan fingerprint density at radius 2 is 1.61 bits per heavy atom. The Balaban J connectivity index is 2.22. The van der Waals surface area contributed by atoms with Crippen molar-refractivity contribution >= 4 is 21.8 Å². The first kappa shape index (κ1) is 21.8. The van der Waals surface area contributed by atoms with Crippen LogP contribution in [-0.2, 0) is 21.4 Å². The van der Waals surface area contributed by atoms with E-state index in [1.807, 2.05) is 44.2 Å². The molecule has 0 atom stereocenters. The standard InChI is InChI=1S/C20H26FN3O3S/c1-20(2,14-16-10-6-5-7-11-16)22-19(25)15-24(28(26,27)23(3)4)18-13-9-8-12-17(18)21/h5-13H,14-15H2,1-4H3,(H,22,25). The summed E-state index contributed by atoms with van der Waals surface area (Å²) in [5.41, 5.74) is 0.258. The third-order valence-electron chi connectivity index (χ3n) is 4.12. The van der Waals surface area contributed by atoms with E-state index < -0.39 is 34.0 Å². The molecule has 0 heterocycles. The van der Waals surface area contributed by atoms with Gasteiger partial charge in [0.15, 0.2) is 0 Å². The molecule has 2 aromatic rings. The lowest BCUT2D eigenvalue weighted by Gasteiger charge is -2.30. The van der Waals surface area contributed by atoms with Crippen LogP contribution >= 0.6 is 0 Å². The van der Waals surface area contributed by atoms with E-state index in [4.69, 9.17) is 0 Å². The fourth-order valence-electron chi connectivity index (χ4n) is 2.84. The van der Waals surface area contributed by atoms with Gasteiger partial charge in [0, 0.05) is 19.6 Å². The van der Waals surface area contributed by atoms with Crippen LogP contribution in [0, 0.1) is 5.82 Å². The van der Waals surface area contributed by atoms with Crippen molar-refractivity contribution in [3.8, 4) is 0 Å². The van der Waals surface area contributed by atoms with Gasteiger partial charge < -0.3 is 5.32 Å². The van der Waals surface area contributed by atoms with Gasteiger partial charge in [0.05, 0.1) is 5.69 Å². The van der Waals surface area contributed by atoms with E-state index in [0.717, 1.165) is 20.2 Å². The van der Waals surface area contributed by atoms with E-state index >= 15 is 0 Å². The van der Waals surface area contributed by atoms with Crippen molar-refractivity contribution < 1.29 is 17.6 Å². The van der Waals surface area contributed by atoms with Gasteiger partial charge in [-0.3, -0.25) is 4.79 Å². The summed E-state index contributed by atoms with van der Waals surface area (Å²) in [4.78, 5) is 12.7. The Bertz CT molecular complexity index is 915. The molecular weight excluding hydrogens is 381 g/mol. The molecule has 0 aliphatic carbocycles. The minimum Gasteiger partial charge on any atom is -0.349 e. The number of carbonyl (C=O) groups is 1. The van der Waals surface area contributed by atoms with Crippen molar-refractivity contribution in [2.45, 2.75) is 25.8 Å². The summed E-state index contributed by atoms with van der Waals surface area (Å²) in [6.45, 7) is 3.18. The van der Waals surface area contributed by atoms with Gasteiger partial charge in [-0.1, -0.05) is 42.5 Å². The van der Waals surface area contributed by atoms with Crippen molar-refractivity contribution in [2.24, 2.45) is 0 Å². The average Bonchev–Trinajstić information content (AvgIpc) is 2.60. The predicted molar refractivity (Wildman–Crippen MR) is 109 cm³/mol. The Morgan fingerprint density at radius 3 is 2.18 bits per heavy atom. The van der Waals surface area contributed by atoms with E-state index in [1.54, 1.807) is 0 Å². The zero-order valence-electron chi connectivity index (χ0n) is 16.5. The molecule has 0 saturated heterocycles. The van der Waals surface area contributed by atoms with Crippen molar-refractivity contribution in [2.75, 3.05) is 24.9 Å². The van der Waals surface area contributed by atoms with Gasteiger partial charge in [-0.2, -0.15) is 12.7 Å². The van der Waals surface area contributed by atoms with Crippen LogP contribution < -0.4 is 9.62 Å². The van der Waals surface area contributed by atoms with Gasteiger partial charge >= 0.3 is 10.2 Å².